The molecule has 1 aliphatic rings. The van der Waals surface area contributed by atoms with Crippen molar-refractivity contribution in [2.45, 2.75) is 12.3 Å². The van der Waals surface area contributed by atoms with Gasteiger partial charge in [-0.05, 0) is 29.5 Å². The highest BCUT2D eigenvalue weighted by Crippen LogP contribution is 2.33. The number of likely N-dealkylation sites (N-methyl/N-ethyl adjacent to an activating group) is 1. The number of terminal acetylenes is 1. The van der Waals surface area contributed by atoms with Crippen LogP contribution in [-0.2, 0) is 0 Å². The Kier molecular flexibility index (Phi) is 4.56. The van der Waals surface area contributed by atoms with Crippen molar-refractivity contribution in [3.05, 3.63) is 33.7 Å². The van der Waals surface area contributed by atoms with Gasteiger partial charge in [-0.1, -0.05) is 33.0 Å². The first-order chi connectivity index (χ1) is 11.4. The van der Waals surface area contributed by atoms with Crippen molar-refractivity contribution in [3.8, 4) is 18.1 Å². The van der Waals surface area contributed by atoms with E-state index in [1.807, 2.05) is 12.1 Å². The molecule has 2 aromatic rings. The quantitative estimate of drug-likeness (QED) is 0.596. The summed E-state index contributed by atoms with van der Waals surface area (Å²) in [7, 11) is 1.66. The summed E-state index contributed by atoms with van der Waals surface area (Å²) in [5.74, 6) is 3.13. The molecule has 1 fully saturated rings. The number of ether oxygens (including phenoxy) is 1. The van der Waals surface area contributed by atoms with Crippen LogP contribution >= 0.6 is 27.3 Å². The van der Waals surface area contributed by atoms with Crippen LogP contribution in [0.2, 0.25) is 0 Å². The lowest BCUT2D eigenvalue weighted by atomic mass is 10.3. The maximum absolute atomic E-state index is 12.0. The lowest BCUT2D eigenvalue weighted by molar-refractivity contribution is 0.164. The fourth-order valence-electron chi connectivity index (χ4n) is 2.29. The first-order valence-corrected chi connectivity index (χ1v) is 8.60. The summed E-state index contributed by atoms with van der Waals surface area (Å²) in [6.07, 6.45) is 3.94. The molecule has 2 heterocycles. The van der Waals surface area contributed by atoms with E-state index in [4.69, 9.17) is 11.2 Å². The van der Waals surface area contributed by atoms with Gasteiger partial charge in [-0.2, -0.15) is 4.48 Å². The summed E-state index contributed by atoms with van der Waals surface area (Å²) in [5, 5.41) is 21.1. The van der Waals surface area contributed by atoms with Crippen LogP contribution in [0.15, 0.2) is 28.7 Å². The van der Waals surface area contributed by atoms with Gasteiger partial charge < -0.3 is 9.84 Å². The standard InChI is InChI=1S/C15H13BrN4O3S/c1-3-11(23-10-6-4-5-9(16)7-10)13-18-19-15(24-13)20(2)8-12(21)17-14(20)22/h1,4-7,11-12,21H,8H2,2H3/p+1. The van der Waals surface area contributed by atoms with Crippen molar-refractivity contribution in [2.24, 2.45) is 0 Å². The summed E-state index contributed by atoms with van der Waals surface area (Å²) in [6.45, 7) is 0.181. The zero-order chi connectivity index (χ0) is 17.3. The number of nitrogens with zero attached hydrogens (tertiary/aromatic N) is 3. The second-order valence-corrected chi connectivity index (χ2v) is 7.29. The number of rotatable bonds is 4. The minimum absolute atomic E-state index is 0.174. The Morgan fingerprint density at radius 1 is 1.58 bits per heavy atom. The Balaban J connectivity index is 1.84. The molecule has 1 aromatic heterocycles. The van der Waals surface area contributed by atoms with Gasteiger partial charge in [0, 0.05) is 4.47 Å². The summed E-state index contributed by atoms with van der Waals surface area (Å²) in [4.78, 5) is 12.0. The van der Waals surface area contributed by atoms with Gasteiger partial charge in [0.25, 0.3) is 0 Å². The Labute approximate surface area is 151 Å². The molecule has 0 radical (unpaired) electrons. The lowest BCUT2D eigenvalue weighted by Crippen LogP contribution is -2.47. The molecular formula is C15H14BrN4O3S+. The molecule has 2 N–H and O–H groups in total. The Morgan fingerprint density at radius 2 is 2.38 bits per heavy atom. The molecule has 2 amide bonds. The Morgan fingerprint density at radius 3 is 3.00 bits per heavy atom. The third kappa shape index (κ3) is 3.14. The average molecular weight is 410 g/mol. The van der Waals surface area contributed by atoms with Gasteiger partial charge in [0.1, 0.15) is 12.3 Å². The van der Waals surface area contributed by atoms with Gasteiger partial charge >= 0.3 is 11.2 Å². The van der Waals surface area contributed by atoms with Crippen LogP contribution in [0.5, 0.6) is 5.75 Å². The van der Waals surface area contributed by atoms with E-state index in [9.17, 15) is 9.90 Å². The number of benzene rings is 1. The number of hydrogen-bond acceptors (Lipinski definition) is 6. The molecule has 0 bridgehead atoms. The molecule has 3 atom stereocenters. The minimum Gasteiger partial charge on any atom is -0.470 e. The van der Waals surface area contributed by atoms with Crippen LogP contribution < -0.4 is 14.5 Å². The maximum atomic E-state index is 12.0. The zero-order valence-corrected chi connectivity index (χ0v) is 15.0. The second kappa shape index (κ2) is 6.49. The summed E-state index contributed by atoms with van der Waals surface area (Å²) < 4.78 is 6.47. The van der Waals surface area contributed by atoms with E-state index in [1.54, 1.807) is 19.2 Å². The largest absolute Gasteiger partial charge is 0.470 e. The highest BCUT2D eigenvalue weighted by atomic mass is 79.9. The van der Waals surface area contributed by atoms with E-state index in [0.29, 0.717) is 15.9 Å². The first-order valence-electron chi connectivity index (χ1n) is 6.99. The number of urea groups is 1. The van der Waals surface area contributed by atoms with Crippen molar-refractivity contribution in [3.63, 3.8) is 0 Å². The molecule has 3 unspecified atom stereocenters. The Bertz CT molecular complexity index is 821. The number of quaternary nitrogens is 1. The van der Waals surface area contributed by atoms with Crippen LogP contribution in [0, 0.1) is 12.3 Å². The molecule has 3 rings (SSSR count). The van der Waals surface area contributed by atoms with Crippen molar-refractivity contribution in [1.29, 1.82) is 0 Å². The van der Waals surface area contributed by atoms with Crippen LogP contribution in [0.3, 0.4) is 0 Å². The molecule has 1 aromatic carbocycles. The molecule has 7 nitrogen and oxygen atoms in total. The number of nitrogens with one attached hydrogen (secondary N) is 1. The maximum Gasteiger partial charge on any atom is 0.425 e. The summed E-state index contributed by atoms with van der Waals surface area (Å²) in [5.41, 5.74) is 0. The van der Waals surface area contributed by atoms with Crippen LogP contribution in [0.25, 0.3) is 0 Å². The first kappa shape index (κ1) is 16.9. The average Bonchev–Trinajstić information content (AvgIpc) is 3.11. The number of aliphatic hydroxyl groups excluding tert-OH is 1. The van der Waals surface area contributed by atoms with Gasteiger partial charge in [0.2, 0.25) is 6.10 Å². The number of carbonyl (C=O) groups excluding carboxylic acids is 1. The third-order valence-electron chi connectivity index (χ3n) is 3.55. The molecule has 9 heteroatoms. The van der Waals surface area contributed by atoms with Crippen molar-refractivity contribution < 1.29 is 14.6 Å². The lowest BCUT2D eigenvalue weighted by Gasteiger charge is -2.19. The molecule has 0 aliphatic carbocycles. The van der Waals surface area contributed by atoms with Gasteiger partial charge in [0.15, 0.2) is 11.2 Å². The number of aromatic nitrogens is 2. The van der Waals surface area contributed by atoms with Crippen molar-refractivity contribution in [1.82, 2.24) is 20.0 Å². The summed E-state index contributed by atoms with van der Waals surface area (Å²) >= 11 is 4.56. The molecule has 1 aliphatic heterocycles. The molecular weight excluding hydrogens is 396 g/mol. The summed E-state index contributed by atoms with van der Waals surface area (Å²) in [6, 6.07) is 6.96. The van der Waals surface area contributed by atoms with Crippen LogP contribution in [0.4, 0.5) is 9.93 Å². The van der Waals surface area contributed by atoms with E-state index in [1.165, 1.54) is 11.3 Å². The fraction of sp³-hybridized carbons (Fsp3) is 0.267. The fourth-order valence-corrected chi connectivity index (χ4v) is 3.60. The number of halogens is 1. The van der Waals surface area contributed by atoms with E-state index in [-0.39, 0.29) is 17.1 Å². The van der Waals surface area contributed by atoms with Gasteiger partial charge in [-0.25, -0.2) is 4.79 Å². The number of carbonyl (C=O) groups is 1. The third-order valence-corrected chi connectivity index (χ3v) is 5.22. The minimum atomic E-state index is -0.906. The van der Waals surface area contributed by atoms with E-state index in [0.717, 1.165) is 4.47 Å². The van der Waals surface area contributed by atoms with Crippen LogP contribution in [0.1, 0.15) is 11.1 Å². The molecule has 1 saturated heterocycles. The van der Waals surface area contributed by atoms with E-state index >= 15 is 0 Å². The normalized spacial score (nSPS) is 24.2. The van der Waals surface area contributed by atoms with E-state index < -0.39 is 12.3 Å². The number of aliphatic hydroxyl groups is 1. The highest BCUT2D eigenvalue weighted by Gasteiger charge is 2.47. The smallest absolute Gasteiger partial charge is 0.425 e. The monoisotopic (exact) mass is 409 g/mol. The van der Waals surface area contributed by atoms with Gasteiger partial charge in [0.05, 0.1) is 7.05 Å². The predicted octanol–water partition coefficient (Wildman–Crippen LogP) is 2.03. The van der Waals surface area contributed by atoms with Gasteiger partial charge in [-0.15, -0.1) is 11.5 Å². The predicted molar refractivity (Wildman–Crippen MR) is 93.4 cm³/mol. The molecule has 24 heavy (non-hydrogen) atoms. The van der Waals surface area contributed by atoms with Gasteiger partial charge in [-0.3, -0.25) is 5.32 Å². The molecule has 0 spiro atoms. The topological polar surface area (TPSA) is 84.3 Å². The second-order valence-electron chi connectivity index (χ2n) is 5.38. The Hall–Kier alpha value is -1.99. The number of hydrogen-bond donors (Lipinski definition) is 2. The van der Waals surface area contributed by atoms with Crippen molar-refractivity contribution >= 4 is 38.4 Å². The number of amides is 2. The van der Waals surface area contributed by atoms with E-state index in [2.05, 4.69) is 37.4 Å². The zero-order valence-electron chi connectivity index (χ0n) is 12.6. The highest BCUT2D eigenvalue weighted by molar-refractivity contribution is 9.10. The molecule has 0 saturated carbocycles. The molecule has 124 valence electrons. The van der Waals surface area contributed by atoms with Crippen molar-refractivity contribution in [2.75, 3.05) is 13.6 Å². The van der Waals surface area contributed by atoms with Crippen LogP contribution in [-0.4, -0.2) is 41.2 Å². The SMILES string of the molecule is C#CC(Oc1cccc(Br)c1)c1nnc([N+]2(C)CC(O)NC2=O)s1.